The van der Waals surface area contributed by atoms with E-state index in [0.29, 0.717) is 18.7 Å². The highest BCUT2D eigenvalue weighted by Crippen LogP contribution is 2.23. The summed E-state index contributed by atoms with van der Waals surface area (Å²) in [6, 6.07) is 0.152. The molecule has 1 N–H and O–H groups in total. The molecule has 2 saturated heterocycles. The summed E-state index contributed by atoms with van der Waals surface area (Å²) in [6.45, 7) is 3.20. The fraction of sp³-hybridized carbons (Fsp3) is 0.867. The van der Waals surface area contributed by atoms with Gasteiger partial charge >= 0.3 is 5.97 Å². The number of amides is 1. The number of carbonyl (C=O) groups is 2. The van der Waals surface area contributed by atoms with Crippen molar-refractivity contribution in [3.63, 3.8) is 0 Å². The molecule has 0 aromatic rings. The van der Waals surface area contributed by atoms with Gasteiger partial charge in [-0.3, -0.25) is 9.59 Å². The number of rotatable bonds is 5. The number of carboxylic acid groups (broad SMARTS) is 1. The molecular weight excluding hydrogens is 290 g/mol. The Kier molecular flexibility index (Phi) is 6.36. The van der Waals surface area contributed by atoms with Crippen molar-refractivity contribution in [2.24, 2.45) is 5.92 Å². The third-order valence-corrected chi connectivity index (χ3v) is 5.41. The van der Waals surface area contributed by atoms with Gasteiger partial charge in [-0.15, -0.1) is 11.8 Å². The normalized spacial score (nSPS) is 30.1. The van der Waals surface area contributed by atoms with E-state index in [1.807, 2.05) is 6.92 Å². The lowest BCUT2D eigenvalue weighted by molar-refractivity contribution is -0.146. The molecule has 0 radical (unpaired) electrons. The summed E-state index contributed by atoms with van der Waals surface area (Å²) >= 11 is 1.61. The molecule has 0 aromatic carbocycles. The van der Waals surface area contributed by atoms with E-state index in [4.69, 9.17) is 9.84 Å². The number of carbonyl (C=O) groups excluding carboxylic acids is 1. The molecule has 21 heavy (non-hydrogen) atoms. The van der Waals surface area contributed by atoms with Gasteiger partial charge in [-0.25, -0.2) is 0 Å². The average Bonchev–Trinajstić information content (AvgIpc) is 2.48. The van der Waals surface area contributed by atoms with Crippen LogP contribution in [0.4, 0.5) is 0 Å². The number of ether oxygens (including phenoxy) is 1. The van der Waals surface area contributed by atoms with E-state index in [1.54, 1.807) is 16.7 Å². The van der Waals surface area contributed by atoms with Crippen molar-refractivity contribution in [3.8, 4) is 0 Å². The Morgan fingerprint density at radius 2 is 2.10 bits per heavy atom. The van der Waals surface area contributed by atoms with Crippen LogP contribution in [0.5, 0.6) is 0 Å². The smallest absolute Gasteiger partial charge is 0.308 e. The van der Waals surface area contributed by atoms with E-state index in [0.717, 1.165) is 31.6 Å². The molecular formula is C15H25NO4S. The van der Waals surface area contributed by atoms with Crippen molar-refractivity contribution < 1.29 is 19.4 Å². The highest BCUT2D eigenvalue weighted by Gasteiger charge is 2.32. The fourth-order valence-corrected chi connectivity index (χ4v) is 3.94. The predicted octanol–water partition coefficient (Wildman–Crippen LogP) is 2.00. The van der Waals surface area contributed by atoms with E-state index in [1.165, 1.54) is 6.42 Å². The van der Waals surface area contributed by atoms with Crippen molar-refractivity contribution in [3.05, 3.63) is 0 Å². The lowest BCUT2D eigenvalue weighted by atomic mass is 9.93. The Morgan fingerprint density at radius 3 is 2.76 bits per heavy atom. The summed E-state index contributed by atoms with van der Waals surface area (Å²) in [5.74, 6) is 0.154. The maximum absolute atomic E-state index is 12.3. The number of aliphatic carboxylic acids is 1. The number of nitrogens with zero attached hydrogens (tertiary/aromatic N) is 1. The summed E-state index contributed by atoms with van der Waals surface area (Å²) in [5, 5.41) is 9.11. The molecule has 2 aliphatic rings. The van der Waals surface area contributed by atoms with Gasteiger partial charge in [0, 0.05) is 24.9 Å². The Labute approximate surface area is 130 Å². The topological polar surface area (TPSA) is 66.8 Å². The highest BCUT2D eigenvalue weighted by molar-refractivity contribution is 7.99. The SMILES string of the molecule is CC1CCC(C(=O)O)CN1C(=O)CSCC1CCCCO1. The Bertz CT molecular complexity index is 371. The second-order valence-electron chi connectivity index (χ2n) is 6.01. The van der Waals surface area contributed by atoms with Crippen LogP contribution in [0.3, 0.4) is 0 Å². The highest BCUT2D eigenvalue weighted by atomic mass is 32.2. The zero-order chi connectivity index (χ0) is 15.2. The largest absolute Gasteiger partial charge is 0.481 e. The van der Waals surface area contributed by atoms with Gasteiger partial charge in [0.2, 0.25) is 5.91 Å². The Balaban J connectivity index is 1.74. The van der Waals surface area contributed by atoms with Crippen LogP contribution >= 0.6 is 11.8 Å². The van der Waals surface area contributed by atoms with Crippen molar-refractivity contribution in [2.75, 3.05) is 24.7 Å². The summed E-state index contributed by atoms with van der Waals surface area (Å²) < 4.78 is 5.65. The van der Waals surface area contributed by atoms with Gasteiger partial charge in [-0.05, 0) is 39.0 Å². The van der Waals surface area contributed by atoms with Crippen molar-refractivity contribution in [1.29, 1.82) is 0 Å². The molecule has 3 atom stereocenters. The molecule has 0 aromatic heterocycles. The zero-order valence-corrected chi connectivity index (χ0v) is 13.4. The minimum atomic E-state index is -0.789. The molecule has 0 spiro atoms. The van der Waals surface area contributed by atoms with E-state index < -0.39 is 11.9 Å². The van der Waals surface area contributed by atoms with Crippen LogP contribution in [0.2, 0.25) is 0 Å². The zero-order valence-electron chi connectivity index (χ0n) is 12.6. The van der Waals surface area contributed by atoms with Gasteiger partial charge in [-0.1, -0.05) is 0 Å². The number of hydrogen-bond acceptors (Lipinski definition) is 4. The van der Waals surface area contributed by atoms with Crippen LogP contribution in [0, 0.1) is 5.92 Å². The van der Waals surface area contributed by atoms with E-state index in [-0.39, 0.29) is 18.1 Å². The maximum atomic E-state index is 12.3. The minimum Gasteiger partial charge on any atom is -0.481 e. The Hall–Kier alpha value is -0.750. The maximum Gasteiger partial charge on any atom is 0.308 e. The second kappa shape index (κ2) is 8.03. The average molecular weight is 315 g/mol. The van der Waals surface area contributed by atoms with E-state index in [9.17, 15) is 9.59 Å². The summed E-state index contributed by atoms with van der Waals surface area (Å²) in [4.78, 5) is 25.1. The third-order valence-electron chi connectivity index (χ3n) is 4.35. The first kappa shape index (κ1) is 16.6. The van der Waals surface area contributed by atoms with Crippen LogP contribution in [-0.2, 0) is 14.3 Å². The molecule has 120 valence electrons. The molecule has 5 nitrogen and oxygen atoms in total. The van der Waals surface area contributed by atoms with Gasteiger partial charge in [-0.2, -0.15) is 0 Å². The standard InChI is InChI=1S/C15H25NO4S/c1-11-5-6-12(15(18)19)8-16(11)14(17)10-21-9-13-4-2-3-7-20-13/h11-13H,2-10H2,1H3,(H,18,19). The molecule has 0 bridgehead atoms. The van der Waals surface area contributed by atoms with Crippen molar-refractivity contribution in [1.82, 2.24) is 4.90 Å². The van der Waals surface area contributed by atoms with Crippen LogP contribution in [-0.4, -0.2) is 58.7 Å². The first-order valence-electron chi connectivity index (χ1n) is 7.79. The second-order valence-corrected chi connectivity index (χ2v) is 7.04. The number of likely N-dealkylation sites (tertiary alicyclic amines) is 1. The first-order chi connectivity index (χ1) is 10.1. The fourth-order valence-electron chi connectivity index (χ4n) is 2.96. The van der Waals surface area contributed by atoms with Crippen LogP contribution in [0.15, 0.2) is 0 Å². The van der Waals surface area contributed by atoms with Gasteiger partial charge in [0.15, 0.2) is 0 Å². The van der Waals surface area contributed by atoms with Crippen LogP contribution in [0.25, 0.3) is 0 Å². The summed E-state index contributed by atoms with van der Waals surface area (Å²) in [7, 11) is 0. The number of piperidine rings is 1. The van der Waals surface area contributed by atoms with Gasteiger partial charge in [0.25, 0.3) is 0 Å². The summed E-state index contributed by atoms with van der Waals surface area (Å²) in [6.07, 6.45) is 5.16. The monoisotopic (exact) mass is 315 g/mol. The molecule has 2 aliphatic heterocycles. The van der Waals surface area contributed by atoms with Crippen LogP contribution < -0.4 is 0 Å². The number of carboxylic acids is 1. The van der Waals surface area contributed by atoms with Gasteiger partial charge in [0.1, 0.15) is 0 Å². The molecule has 1 amide bonds. The lowest BCUT2D eigenvalue weighted by Gasteiger charge is -2.36. The molecule has 0 aliphatic carbocycles. The van der Waals surface area contributed by atoms with Crippen LogP contribution in [0.1, 0.15) is 39.0 Å². The summed E-state index contributed by atoms with van der Waals surface area (Å²) in [5.41, 5.74) is 0. The van der Waals surface area contributed by atoms with Crippen molar-refractivity contribution >= 4 is 23.6 Å². The van der Waals surface area contributed by atoms with E-state index >= 15 is 0 Å². The third kappa shape index (κ3) is 4.88. The molecule has 6 heteroatoms. The number of thioether (sulfide) groups is 1. The molecule has 3 unspecified atom stereocenters. The molecule has 2 rings (SSSR count). The molecule has 2 heterocycles. The Morgan fingerprint density at radius 1 is 1.29 bits per heavy atom. The first-order valence-corrected chi connectivity index (χ1v) is 8.95. The van der Waals surface area contributed by atoms with E-state index in [2.05, 4.69) is 0 Å². The predicted molar refractivity (Wildman–Crippen MR) is 82.5 cm³/mol. The lowest BCUT2D eigenvalue weighted by Crippen LogP contribution is -2.48. The molecule has 2 fully saturated rings. The van der Waals surface area contributed by atoms with Gasteiger partial charge < -0.3 is 14.7 Å². The molecule has 0 saturated carbocycles. The van der Waals surface area contributed by atoms with Crippen molar-refractivity contribution in [2.45, 2.75) is 51.2 Å². The minimum absolute atomic E-state index is 0.0641. The quantitative estimate of drug-likeness (QED) is 0.840. The number of hydrogen-bond donors (Lipinski definition) is 1. The van der Waals surface area contributed by atoms with Gasteiger partial charge in [0.05, 0.1) is 17.8 Å².